The van der Waals surface area contributed by atoms with Crippen molar-refractivity contribution < 1.29 is 4.79 Å². The van der Waals surface area contributed by atoms with Crippen molar-refractivity contribution in [2.45, 2.75) is 38.6 Å². The zero-order valence-corrected chi connectivity index (χ0v) is 18.7. The summed E-state index contributed by atoms with van der Waals surface area (Å²) in [6.07, 6.45) is 1.39. The summed E-state index contributed by atoms with van der Waals surface area (Å²) in [7, 11) is 0. The molecule has 154 valence electrons. The van der Waals surface area contributed by atoms with Gasteiger partial charge in [-0.05, 0) is 50.3 Å². The van der Waals surface area contributed by atoms with Gasteiger partial charge >= 0.3 is 0 Å². The fraction of sp³-hybridized carbons (Fsp3) is 0.400. The van der Waals surface area contributed by atoms with Crippen LogP contribution in [0.4, 0.5) is 11.4 Å². The smallest absolute Gasteiger partial charge is 0.273 e. The second-order valence-electron chi connectivity index (χ2n) is 6.46. The van der Waals surface area contributed by atoms with E-state index in [1.54, 1.807) is 11.8 Å². The van der Waals surface area contributed by atoms with E-state index in [-0.39, 0.29) is 18.0 Å². The van der Waals surface area contributed by atoms with E-state index in [0.717, 1.165) is 40.1 Å². The van der Waals surface area contributed by atoms with Crippen LogP contribution in [0.3, 0.4) is 0 Å². The summed E-state index contributed by atoms with van der Waals surface area (Å²) in [4.78, 5) is 36.1. The van der Waals surface area contributed by atoms with Crippen molar-refractivity contribution >= 4 is 50.7 Å². The number of carbonyl (C=O) groups excluding carboxylic acids is 1. The summed E-state index contributed by atoms with van der Waals surface area (Å²) < 4.78 is 2.63. The van der Waals surface area contributed by atoms with Crippen LogP contribution >= 0.6 is 23.1 Å². The lowest BCUT2D eigenvalue weighted by molar-refractivity contribution is -0.116. The molecule has 1 N–H and O–H groups in total. The summed E-state index contributed by atoms with van der Waals surface area (Å²) in [5.41, 5.74) is 3.05. The lowest BCUT2D eigenvalue weighted by Crippen LogP contribution is -2.27. The highest BCUT2D eigenvalue weighted by molar-refractivity contribution is 8.01. The Balaban J connectivity index is 1.75. The number of benzene rings is 1. The molecule has 2 heterocycles. The van der Waals surface area contributed by atoms with Gasteiger partial charge in [0.05, 0.1) is 0 Å². The predicted molar refractivity (Wildman–Crippen MR) is 121 cm³/mol. The summed E-state index contributed by atoms with van der Waals surface area (Å²) in [5, 5.41) is 2.90. The molecular formula is C20H25N5O2S2. The number of thioether (sulfide) groups is 1. The van der Waals surface area contributed by atoms with Crippen molar-refractivity contribution in [1.82, 2.24) is 14.5 Å². The molecule has 3 aromatic rings. The maximum absolute atomic E-state index is 12.7. The van der Waals surface area contributed by atoms with Crippen LogP contribution in [-0.2, 0) is 11.3 Å². The quantitative estimate of drug-likeness (QED) is 0.547. The Morgan fingerprint density at radius 3 is 2.69 bits per heavy atom. The Kier molecular flexibility index (Phi) is 6.92. The first-order chi connectivity index (χ1) is 14.0. The maximum atomic E-state index is 12.7. The molecule has 0 saturated carbocycles. The Labute approximate surface area is 178 Å². The van der Waals surface area contributed by atoms with Crippen LogP contribution in [0, 0.1) is 6.92 Å². The number of aromatic nitrogens is 3. The summed E-state index contributed by atoms with van der Waals surface area (Å²) in [6, 6.07) is 5.97. The number of rotatable bonds is 8. The fourth-order valence-corrected chi connectivity index (χ4v) is 4.98. The zero-order valence-electron chi connectivity index (χ0n) is 17.1. The number of anilines is 2. The second kappa shape index (κ2) is 9.41. The van der Waals surface area contributed by atoms with Crippen LogP contribution in [-0.4, -0.2) is 39.3 Å². The lowest BCUT2D eigenvalue weighted by atomic mass is 10.1. The first kappa shape index (κ1) is 21.3. The van der Waals surface area contributed by atoms with E-state index in [1.807, 2.05) is 26.0 Å². The summed E-state index contributed by atoms with van der Waals surface area (Å²) in [6.45, 7) is 9.99. The summed E-state index contributed by atoms with van der Waals surface area (Å²) in [5.74, 6) is 0.614. The van der Waals surface area contributed by atoms with Crippen molar-refractivity contribution in [2.75, 3.05) is 29.1 Å². The van der Waals surface area contributed by atoms with Gasteiger partial charge in [0, 0.05) is 24.5 Å². The first-order valence-corrected chi connectivity index (χ1v) is 11.4. The largest absolute Gasteiger partial charge is 0.372 e. The molecule has 1 aromatic carbocycles. The van der Waals surface area contributed by atoms with Crippen LogP contribution in [0.1, 0.15) is 26.3 Å². The summed E-state index contributed by atoms with van der Waals surface area (Å²) >= 11 is 2.90. The van der Waals surface area contributed by atoms with E-state index in [0.29, 0.717) is 10.3 Å². The van der Waals surface area contributed by atoms with Gasteiger partial charge in [-0.1, -0.05) is 18.7 Å². The molecule has 0 unspecified atom stereocenters. The first-order valence-electron chi connectivity index (χ1n) is 9.61. The van der Waals surface area contributed by atoms with Crippen LogP contribution in [0.25, 0.3) is 10.3 Å². The van der Waals surface area contributed by atoms with Gasteiger partial charge in [-0.15, -0.1) is 11.3 Å². The monoisotopic (exact) mass is 431 g/mol. The highest BCUT2D eigenvalue weighted by Crippen LogP contribution is 2.26. The van der Waals surface area contributed by atoms with Gasteiger partial charge < -0.3 is 10.2 Å². The number of amides is 1. The molecule has 7 nitrogen and oxygen atoms in total. The molecule has 2 aromatic heterocycles. The number of aryl methyl sites for hydroxylation is 1. The molecule has 0 atom stereocenters. The third-order valence-corrected chi connectivity index (χ3v) is 6.62. The molecule has 0 bridgehead atoms. The minimum atomic E-state index is -0.264. The van der Waals surface area contributed by atoms with E-state index in [9.17, 15) is 9.59 Å². The SMILES string of the molecule is CCSc1nc2ncn(CC(=O)Nc3ccc(N(CC)CC)cc3C)c(=O)c2s1. The molecule has 0 aliphatic rings. The van der Waals surface area contributed by atoms with Gasteiger partial charge in [-0.3, -0.25) is 14.2 Å². The average Bonchev–Trinajstić information content (AvgIpc) is 3.11. The Hall–Kier alpha value is -2.39. The lowest BCUT2D eigenvalue weighted by Gasteiger charge is -2.22. The van der Waals surface area contributed by atoms with Crippen LogP contribution in [0.5, 0.6) is 0 Å². The molecule has 0 fully saturated rings. The van der Waals surface area contributed by atoms with Crippen molar-refractivity contribution in [1.29, 1.82) is 0 Å². The molecule has 0 aliphatic carbocycles. The fourth-order valence-electron chi connectivity index (χ4n) is 3.04. The average molecular weight is 432 g/mol. The molecule has 9 heteroatoms. The number of carbonyl (C=O) groups is 1. The molecule has 0 saturated heterocycles. The van der Waals surface area contributed by atoms with Crippen LogP contribution in [0.2, 0.25) is 0 Å². The molecule has 0 radical (unpaired) electrons. The van der Waals surface area contributed by atoms with E-state index >= 15 is 0 Å². The minimum Gasteiger partial charge on any atom is -0.372 e. The number of hydrogen-bond donors (Lipinski definition) is 1. The van der Waals surface area contributed by atoms with Crippen molar-refractivity contribution in [3.63, 3.8) is 0 Å². The molecule has 3 rings (SSSR count). The second-order valence-corrected chi connectivity index (χ2v) is 8.97. The number of nitrogens with one attached hydrogen (secondary N) is 1. The van der Waals surface area contributed by atoms with Gasteiger partial charge in [0.25, 0.3) is 5.56 Å². The molecule has 1 amide bonds. The normalized spacial score (nSPS) is 11.0. The zero-order chi connectivity index (χ0) is 21.0. The van der Waals surface area contributed by atoms with Gasteiger partial charge in [0.15, 0.2) is 9.99 Å². The number of hydrogen-bond acceptors (Lipinski definition) is 7. The number of thiazole rings is 1. The maximum Gasteiger partial charge on any atom is 0.273 e. The van der Waals surface area contributed by atoms with Gasteiger partial charge in [0.1, 0.15) is 17.6 Å². The Bertz CT molecular complexity index is 1070. The van der Waals surface area contributed by atoms with Gasteiger partial charge in [0.2, 0.25) is 5.91 Å². The molecular weight excluding hydrogens is 406 g/mol. The highest BCUT2D eigenvalue weighted by atomic mass is 32.2. The standard InChI is InChI=1S/C20H25N5O2S2/c1-5-24(6-2)14-8-9-15(13(4)10-14)22-16(26)11-25-12-21-18-17(19(25)27)29-20(23-18)28-7-3/h8-10,12H,5-7,11H2,1-4H3,(H,22,26). The molecule has 29 heavy (non-hydrogen) atoms. The van der Waals surface area contributed by atoms with E-state index in [2.05, 4.69) is 40.1 Å². The van der Waals surface area contributed by atoms with Gasteiger partial charge in [-0.25, -0.2) is 9.97 Å². The third kappa shape index (κ3) is 4.79. The molecule has 0 spiro atoms. The Morgan fingerprint density at radius 2 is 2.03 bits per heavy atom. The van der Waals surface area contributed by atoms with Crippen molar-refractivity contribution in [2.24, 2.45) is 0 Å². The highest BCUT2D eigenvalue weighted by Gasteiger charge is 2.14. The predicted octanol–water partition coefficient (Wildman–Crippen LogP) is 3.76. The van der Waals surface area contributed by atoms with E-state index < -0.39 is 0 Å². The van der Waals surface area contributed by atoms with Crippen LogP contribution in [0.15, 0.2) is 33.7 Å². The van der Waals surface area contributed by atoms with Gasteiger partial charge in [-0.2, -0.15) is 0 Å². The van der Waals surface area contributed by atoms with E-state index in [4.69, 9.17) is 0 Å². The molecule has 0 aliphatic heterocycles. The topological polar surface area (TPSA) is 80.1 Å². The van der Waals surface area contributed by atoms with Crippen molar-refractivity contribution in [3.8, 4) is 0 Å². The number of nitrogens with zero attached hydrogens (tertiary/aromatic N) is 4. The number of fused-ring (bicyclic) bond motifs is 1. The Morgan fingerprint density at radius 1 is 1.28 bits per heavy atom. The minimum absolute atomic E-state index is 0.0901. The van der Waals surface area contributed by atoms with Crippen LogP contribution < -0.4 is 15.8 Å². The van der Waals surface area contributed by atoms with Crippen molar-refractivity contribution in [3.05, 3.63) is 40.4 Å². The third-order valence-electron chi connectivity index (χ3n) is 4.56. The van der Waals surface area contributed by atoms with E-state index in [1.165, 1.54) is 22.2 Å².